The minimum atomic E-state index is -5.08. The SMILES string of the molecule is CON(C)C(=O)[C@@H](c1ccc(-c2ccc(F)cc2)cc1)[C@H](N)C(=O)N1CC[C@H](F)C1.O=C(O)C(F)(F)F. The lowest BCUT2D eigenvalue weighted by atomic mass is 9.89. The van der Waals surface area contributed by atoms with Gasteiger partial charge in [-0.05, 0) is 35.2 Å². The summed E-state index contributed by atoms with van der Waals surface area (Å²) in [6, 6.07) is 11.8. The minimum absolute atomic E-state index is 0.0168. The molecular formula is C24H26F5N3O5. The summed E-state index contributed by atoms with van der Waals surface area (Å²) >= 11 is 0. The molecule has 0 aliphatic carbocycles. The lowest BCUT2D eigenvalue weighted by Gasteiger charge is -2.29. The molecule has 2 aromatic rings. The number of amides is 2. The van der Waals surface area contributed by atoms with E-state index in [2.05, 4.69) is 0 Å². The number of rotatable bonds is 6. The Balaban J connectivity index is 0.000000604. The highest BCUT2D eigenvalue weighted by molar-refractivity contribution is 5.93. The number of nitrogens with zero attached hydrogens (tertiary/aromatic N) is 2. The topological polar surface area (TPSA) is 113 Å². The second-order valence-electron chi connectivity index (χ2n) is 8.12. The molecule has 8 nitrogen and oxygen atoms in total. The van der Waals surface area contributed by atoms with Crippen molar-refractivity contribution in [3.63, 3.8) is 0 Å². The van der Waals surface area contributed by atoms with E-state index < -0.39 is 42.1 Å². The van der Waals surface area contributed by atoms with E-state index in [9.17, 15) is 31.5 Å². The van der Waals surface area contributed by atoms with Crippen molar-refractivity contribution in [3.8, 4) is 11.1 Å². The lowest BCUT2D eigenvalue weighted by molar-refractivity contribution is -0.192. The number of hydrogen-bond donors (Lipinski definition) is 2. The highest BCUT2D eigenvalue weighted by Crippen LogP contribution is 2.27. The molecule has 3 rings (SSSR count). The molecule has 1 aliphatic heterocycles. The van der Waals surface area contributed by atoms with Crippen molar-refractivity contribution in [1.29, 1.82) is 0 Å². The zero-order chi connectivity index (χ0) is 27.9. The number of hydroxylamine groups is 2. The van der Waals surface area contributed by atoms with Gasteiger partial charge in [0, 0.05) is 13.6 Å². The van der Waals surface area contributed by atoms with Gasteiger partial charge in [0.05, 0.1) is 19.6 Å². The van der Waals surface area contributed by atoms with Crippen LogP contribution in [0.1, 0.15) is 17.9 Å². The molecule has 1 saturated heterocycles. The van der Waals surface area contributed by atoms with E-state index in [0.717, 1.165) is 16.2 Å². The third-order valence-electron chi connectivity index (χ3n) is 5.63. The van der Waals surface area contributed by atoms with E-state index >= 15 is 0 Å². The fraction of sp³-hybridized carbons (Fsp3) is 0.375. The number of carbonyl (C=O) groups is 3. The number of carbonyl (C=O) groups excluding carboxylic acids is 2. The molecule has 3 atom stereocenters. The molecule has 0 aromatic heterocycles. The maximum atomic E-state index is 13.5. The van der Waals surface area contributed by atoms with Gasteiger partial charge in [-0.2, -0.15) is 13.2 Å². The maximum Gasteiger partial charge on any atom is 0.490 e. The number of halogens is 5. The van der Waals surface area contributed by atoms with Gasteiger partial charge in [-0.3, -0.25) is 14.4 Å². The monoisotopic (exact) mass is 531 g/mol. The molecule has 0 spiro atoms. The fourth-order valence-corrected chi connectivity index (χ4v) is 3.59. The molecule has 1 aliphatic rings. The van der Waals surface area contributed by atoms with Crippen molar-refractivity contribution in [1.82, 2.24) is 9.96 Å². The highest BCUT2D eigenvalue weighted by Gasteiger charge is 2.39. The van der Waals surface area contributed by atoms with Gasteiger partial charge in [-0.1, -0.05) is 36.4 Å². The maximum absolute atomic E-state index is 13.5. The van der Waals surface area contributed by atoms with Crippen molar-refractivity contribution < 1.29 is 46.3 Å². The van der Waals surface area contributed by atoms with Crippen LogP contribution in [-0.4, -0.2) is 78.5 Å². The largest absolute Gasteiger partial charge is 0.490 e. The highest BCUT2D eigenvalue weighted by atomic mass is 19.4. The third kappa shape index (κ3) is 7.95. The Kier molecular flexibility index (Phi) is 10.1. The van der Waals surface area contributed by atoms with Crippen LogP contribution in [0.15, 0.2) is 48.5 Å². The van der Waals surface area contributed by atoms with Gasteiger partial charge in [-0.15, -0.1) is 0 Å². The van der Waals surface area contributed by atoms with Crippen molar-refractivity contribution in [2.24, 2.45) is 5.73 Å². The van der Waals surface area contributed by atoms with E-state index in [4.69, 9.17) is 20.5 Å². The van der Waals surface area contributed by atoms with E-state index in [1.807, 2.05) is 0 Å². The minimum Gasteiger partial charge on any atom is -0.475 e. The second-order valence-corrected chi connectivity index (χ2v) is 8.12. The summed E-state index contributed by atoms with van der Waals surface area (Å²) in [5.74, 6) is -5.04. The molecule has 13 heteroatoms. The molecule has 0 radical (unpaired) electrons. The van der Waals surface area contributed by atoms with Crippen LogP contribution in [0, 0.1) is 5.82 Å². The quantitative estimate of drug-likeness (QED) is 0.438. The van der Waals surface area contributed by atoms with Crippen LogP contribution in [0.25, 0.3) is 11.1 Å². The predicted octanol–water partition coefficient (Wildman–Crippen LogP) is 3.13. The fourth-order valence-electron chi connectivity index (χ4n) is 3.59. The summed E-state index contributed by atoms with van der Waals surface area (Å²) in [5, 5.41) is 8.15. The van der Waals surface area contributed by atoms with E-state index in [1.165, 1.54) is 31.2 Å². The molecule has 0 unspecified atom stereocenters. The van der Waals surface area contributed by atoms with Crippen LogP contribution in [0.5, 0.6) is 0 Å². The summed E-state index contributed by atoms with van der Waals surface area (Å²) in [6.45, 7) is 0.259. The summed E-state index contributed by atoms with van der Waals surface area (Å²) in [7, 11) is 2.78. The summed E-state index contributed by atoms with van der Waals surface area (Å²) in [4.78, 5) is 41.0. The van der Waals surface area contributed by atoms with Gasteiger partial charge in [0.2, 0.25) is 5.91 Å². The standard InChI is InChI=1S/C22H25F2N3O3.C2HF3O2/c1-26(30-2)21(28)19(20(25)22(29)27-12-11-18(24)13-27)16-5-3-14(4-6-16)15-7-9-17(23)10-8-15;3-2(4,5)1(6)7/h3-10,18-20H,11-13,25H2,1-2H3;(H,6,7)/t18-,19-,20-;/m0./s1. The molecule has 2 aromatic carbocycles. The van der Waals surface area contributed by atoms with Crippen LogP contribution >= 0.6 is 0 Å². The Labute approximate surface area is 209 Å². The molecule has 1 fully saturated rings. The number of nitrogens with two attached hydrogens (primary N) is 1. The normalized spacial score (nSPS) is 16.9. The van der Waals surface area contributed by atoms with Crippen LogP contribution in [-0.2, 0) is 19.2 Å². The molecule has 2 amide bonds. The van der Waals surface area contributed by atoms with Crippen LogP contribution in [0.3, 0.4) is 0 Å². The van der Waals surface area contributed by atoms with E-state index in [1.54, 1.807) is 36.4 Å². The third-order valence-corrected chi connectivity index (χ3v) is 5.63. The Morgan fingerprint density at radius 2 is 1.57 bits per heavy atom. The Morgan fingerprint density at radius 3 is 1.97 bits per heavy atom. The Hall–Kier alpha value is -3.58. The first-order valence-corrected chi connectivity index (χ1v) is 10.9. The molecule has 0 saturated carbocycles. The number of aliphatic carboxylic acids is 1. The Morgan fingerprint density at radius 1 is 1.08 bits per heavy atom. The van der Waals surface area contributed by atoms with Gasteiger partial charge in [0.1, 0.15) is 18.0 Å². The molecule has 1 heterocycles. The average Bonchev–Trinajstić information content (AvgIpc) is 3.30. The first kappa shape index (κ1) is 29.6. The van der Waals surface area contributed by atoms with Crippen LogP contribution in [0.2, 0.25) is 0 Å². The Bertz CT molecular complexity index is 1080. The van der Waals surface area contributed by atoms with Gasteiger partial charge in [0.15, 0.2) is 0 Å². The first-order valence-electron chi connectivity index (χ1n) is 10.9. The number of carboxylic acids is 1. The van der Waals surface area contributed by atoms with Crippen LogP contribution in [0.4, 0.5) is 22.0 Å². The zero-order valence-electron chi connectivity index (χ0n) is 19.9. The molecule has 3 N–H and O–H groups in total. The number of hydrogen-bond acceptors (Lipinski definition) is 5. The molecule has 202 valence electrons. The predicted molar refractivity (Wildman–Crippen MR) is 122 cm³/mol. The zero-order valence-corrected chi connectivity index (χ0v) is 19.9. The number of likely N-dealkylation sites (tertiary alicyclic amines) is 1. The van der Waals surface area contributed by atoms with Gasteiger partial charge >= 0.3 is 12.1 Å². The second kappa shape index (κ2) is 12.6. The number of carboxylic acid groups (broad SMARTS) is 1. The summed E-state index contributed by atoms with van der Waals surface area (Å²) < 4.78 is 58.4. The number of likely N-dealkylation sites (N-methyl/N-ethyl adjacent to an activating group) is 1. The van der Waals surface area contributed by atoms with Gasteiger partial charge < -0.3 is 15.7 Å². The smallest absolute Gasteiger partial charge is 0.475 e. The molecule has 37 heavy (non-hydrogen) atoms. The first-order chi connectivity index (χ1) is 17.3. The van der Waals surface area contributed by atoms with Crippen LogP contribution < -0.4 is 5.73 Å². The lowest BCUT2D eigenvalue weighted by Crippen LogP contribution is -2.50. The summed E-state index contributed by atoms with van der Waals surface area (Å²) in [5.41, 5.74) is 8.39. The van der Waals surface area contributed by atoms with Crippen molar-refractivity contribution in [2.45, 2.75) is 30.7 Å². The average molecular weight is 531 g/mol. The van der Waals surface area contributed by atoms with E-state index in [-0.39, 0.29) is 25.3 Å². The van der Waals surface area contributed by atoms with Crippen molar-refractivity contribution in [2.75, 3.05) is 27.2 Å². The molecular weight excluding hydrogens is 505 g/mol. The number of alkyl halides is 4. The van der Waals surface area contributed by atoms with Crippen molar-refractivity contribution >= 4 is 17.8 Å². The van der Waals surface area contributed by atoms with Gasteiger partial charge in [-0.25, -0.2) is 18.6 Å². The number of benzene rings is 2. The summed E-state index contributed by atoms with van der Waals surface area (Å²) in [6.07, 6.45) is -5.89. The van der Waals surface area contributed by atoms with E-state index in [0.29, 0.717) is 5.56 Å². The van der Waals surface area contributed by atoms with Gasteiger partial charge in [0.25, 0.3) is 5.91 Å². The molecule has 0 bridgehead atoms. The van der Waals surface area contributed by atoms with Crippen molar-refractivity contribution in [3.05, 3.63) is 59.9 Å².